The molecule has 1 aliphatic heterocycles. The van der Waals surface area contributed by atoms with E-state index in [1.807, 2.05) is 36.4 Å². The molecule has 2 aromatic carbocycles. The van der Waals surface area contributed by atoms with E-state index in [1.54, 1.807) is 23.1 Å². The Kier molecular flexibility index (Phi) is 4.37. The Bertz CT molecular complexity index is 1220. The third kappa shape index (κ3) is 3.40. The molecule has 0 spiro atoms. The molecule has 4 aromatic rings. The number of carbonyl (C=O) groups excluding carboxylic acids is 1. The molecule has 146 valence electrons. The van der Waals surface area contributed by atoms with Crippen LogP contribution in [0, 0.1) is 0 Å². The SMILES string of the molecule is O=C(c1cc2ccccc2oc1=O)N1CCN(Cc2nc3ccccc3[nH]2)CC1. The highest BCUT2D eigenvalue weighted by molar-refractivity contribution is 5.96. The zero-order chi connectivity index (χ0) is 19.8. The van der Waals surface area contributed by atoms with Gasteiger partial charge < -0.3 is 14.3 Å². The number of rotatable bonds is 3. The van der Waals surface area contributed by atoms with Crippen LogP contribution in [0.2, 0.25) is 0 Å². The quantitative estimate of drug-likeness (QED) is 0.546. The van der Waals surface area contributed by atoms with Gasteiger partial charge in [0, 0.05) is 31.6 Å². The first-order valence-corrected chi connectivity index (χ1v) is 9.65. The number of amides is 1. The molecule has 0 aliphatic carbocycles. The number of hydrogen-bond donors (Lipinski definition) is 1. The minimum Gasteiger partial charge on any atom is -0.422 e. The van der Waals surface area contributed by atoms with E-state index < -0.39 is 5.63 Å². The summed E-state index contributed by atoms with van der Waals surface area (Å²) in [7, 11) is 0. The van der Waals surface area contributed by atoms with Crippen molar-refractivity contribution in [2.75, 3.05) is 26.2 Å². The van der Waals surface area contributed by atoms with Gasteiger partial charge >= 0.3 is 5.63 Å². The standard InChI is InChI=1S/C22H20N4O3/c27-21(16-13-15-5-1-4-8-19(15)29-22(16)28)26-11-9-25(10-12-26)14-20-23-17-6-2-3-7-18(17)24-20/h1-8,13H,9-12,14H2,(H,23,24). The minimum atomic E-state index is -0.585. The average Bonchev–Trinajstić information content (AvgIpc) is 3.15. The van der Waals surface area contributed by atoms with E-state index in [4.69, 9.17) is 4.42 Å². The molecule has 2 aromatic heterocycles. The van der Waals surface area contributed by atoms with Gasteiger partial charge in [0.15, 0.2) is 0 Å². The van der Waals surface area contributed by atoms with Gasteiger partial charge in [-0.1, -0.05) is 30.3 Å². The molecule has 1 N–H and O–H groups in total. The smallest absolute Gasteiger partial charge is 0.349 e. The summed E-state index contributed by atoms with van der Waals surface area (Å²) >= 11 is 0. The van der Waals surface area contributed by atoms with E-state index in [0.717, 1.165) is 35.3 Å². The summed E-state index contributed by atoms with van der Waals surface area (Å²) in [4.78, 5) is 37.1. The van der Waals surface area contributed by atoms with E-state index in [1.165, 1.54) is 0 Å². The third-order valence-electron chi connectivity index (χ3n) is 5.34. The van der Waals surface area contributed by atoms with Crippen molar-refractivity contribution in [3.05, 3.63) is 76.4 Å². The van der Waals surface area contributed by atoms with Crippen molar-refractivity contribution in [2.45, 2.75) is 6.54 Å². The molecule has 1 amide bonds. The first-order chi connectivity index (χ1) is 14.2. The minimum absolute atomic E-state index is 0.0921. The Morgan fingerprint density at radius 1 is 1.03 bits per heavy atom. The Labute approximate surface area is 166 Å². The molecule has 1 aliphatic rings. The van der Waals surface area contributed by atoms with Crippen LogP contribution in [-0.4, -0.2) is 51.9 Å². The summed E-state index contributed by atoms with van der Waals surface area (Å²) in [6.07, 6.45) is 0. The molecule has 29 heavy (non-hydrogen) atoms. The predicted molar refractivity (Wildman–Crippen MR) is 110 cm³/mol. The number of piperazine rings is 1. The molecule has 0 atom stereocenters. The number of imidazole rings is 1. The van der Waals surface area contributed by atoms with Gasteiger partial charge in [-0.15, -0.1) is 0 Å². The van der Waals surface area contributed by atoms with Gasteiger partial charge in [0.2, 0.25) is 0 Å². The van der Waals surface area contributed by atoms with Gasteiger partial charge in [-0.2, -0.15) is 0 Å². The number of para-hydroxylation sites is 3. The highest BCUT2D eigenvalue weighted by atomic mass is 16.4. The molecule has 0 radical (unpaired) electrons. The lowest BCUT2D eigenvalue weighted by Gasteiger charge is -2.34. The number of nitrogens with zero attached hydrogens (tertiary/aromatic N) is 3. The Hall–Kier alpha value is -3.45. The molecular weight excluding hydrogens is 368 g/mol. The van der Waals surface area contributed by atoms with Gasteiger partial charge in [0.05, 0.1) is 17.6 Å². The van der Waals surface area contributed by atoms with Crippen LogP contribution in [0.25, 0.3) is 22.0 Å². The summed E-state index contributed by atoms with van der Waals surface area (Å²) in [5, 5.41) is 0.749. The number of aromatic amines is 1. The topological polar surface area (TPSA) is 82.4 Å². The van der Waals surface area contributed by atoms with Crippen molar-refractivity contribution < 1.29 is 9.21 Å². The van der Waals surface area contributed by atoms with Crippen LogP contribution in [0.4, 0.5) is 0 Å². The second kappa shape index (κ2) is 7.18. The van der Waals surface area contributed by atoms with Crippen LogP contribution in [0.5, 0.6) is 0 Å². The number of benzene rings is 2. The number of aromatic nitrogens is 2. The van der Waals surface area contributed by atoms with Gasteiger partial charge in [-0.3, -0.25) is 9.69 Å². The number of carbonyl (C=O) groups is 1. The van der Waals surface area contributed by atoms with Crippen molar-refractivity contribution in [1.29, 1.82) is 0 Å². The number of hydrogen-bond acceptors (Lipinski definition) is 5. The van der Waals surface area contributed by atoms with E-state index in [-0.39, 0.29) is 11.5 Å². The van der Waals surface area contributed by atoms with Crippen molar-refractivity contribution in [2.24, 2.45) is 0 Å². The Morgan fingerprint density at radius 3 is 2.62 bits per heavy atom. The highest BCUT2D eigenvalue weighted by Crippen LogP contribution is 2.16. The summed E-state index contributed by atoms with van der Waals surface area (Å²) in [5.74, 6) is 0.647. The van der Waals surface area contributed by atoms with Crippen LogP contribution in [0.1, 0.15) is 16.2 Å². The first kappa shape index (κ1) is 17.6. The van der Waals surface area contributed by atoms with E-state index in [9.17, 15) is 9.59 Å². The molecule has 7 heteroatoms. The first-order valence-electron chi connectivity index (χ1n) is 9.65. The van der Waals surface area contributed by atoms with Gasteiger partial charge in [-0.25, -0.2) is 9.78 Å². The fourth-order valence-electron chi connectivity index (χ4n) is 3.78. The summed E-state index contributed by atoms with van der Waals surface area (Å²) < 4.78 is 5.31. The van der Waals surface area contributed by atoms with Crippen LogP contribution >= 0.6 is 0 Å². The maximum atomic E-state index is 12.9. The second-order valence-corrected chi connectivity index (χ2v) is 7.25. The fraction of sp³-hybridized carbons (Fsp3) is 0.227. The lowest BCUT2D eigenvalue weighted by atomic mass is 10.1. The Balaban J connectivity index is 1.27. The van der Waals surface area contributed by atoms with Crippen LogP contribution in [0.3, 0.4) is 0 Å². The van der Waals surface area contributed by atoms with E-state index in [0.29, 0.717) is 25.2 Å². The molecule has 1 saturated heterocycles. The van der Waals surface area contributed by atoms with Crippen molar-refractivity contribution in [1.82, 2.24) is 19.8 Å². The molecule has 0 saturated carbocycles. The molecule has 5 rings (SSSR count). The molecular formula is C22H20N4O3. The zero-order valence-electron chi connectivity index (χ0n) is 15.8. The van der Waals surface area contributed by atoms with Crippen molar-refractivity contribution >= 4 is 27.9 Å². The largest absolute Gasteiger partial charge is 0.422 e. The average molecular weight is 388 g/mol. The molecule has 0 unspecified atom stereocenters. The monoisotopic (exact) mass is 388 g/mol. The van der Waals surface area contributed by atoms with Crippen LogP contribution in [0.15, 0.2) is 63.8 Å². The molecule has 0 bridgehead atoms. The van der Waals surface area contributed by atoms with Crippen LogP contribution < -0.4 is 5.63 Å². The normalized spacial score (nSPS) is 15.2. The second-order valence-electron chi connectivity index (χ2n) is 7.25. The summed E-state index contributed by atoms with van der Waals surface area (Å²) in [6.45, 7) is 3.27. The lowest BCUT2D eigenvalue weighted by Crippen LogP contribution is -2.49. The van der Waals surface area contributed by atoms with E-state index >= 15 is 0 Å². The number of fused-ring (bicyclic) bond motifs is 2. The maximum Gasteiger partial charge on any atom is 0.349 e. The number of H-pyrrole nitrogens is 1. The molecule has 7 nitrogen and oxygen atoms in total. The lowest BCUT2D eigenvalue weighted by molar-refractivity contribution is 0.0622. The summed E-state index contributed by atoms with van der Waals surface area (Å²) in [6, 6.07) is 16.8. The third-order valence-corrected chi connectivity index (χ3v) is 5.34. The zero-order valence-corrected chi connectivity index (χ0v) is 15.8. The molecule has 1 fully saturated rings. The van der Waals surface area contributed by atoms with Gasteiger partial charge in [-0.05, 0) is 24.3 Å². The highest BCUT2D eigenvalue weighted by Gasteiger charge is 2.25. The summed E-state index contributed by atoms with van der Waals surface area (Å²) in [5.41, 5.74) is 1.98. The van der Waals surface area contributed by atoms with Gasteiger partial charge in [0.25, 0.3) is 5.91 Å². The molecule has 3 heterocycles. The van der Waals surface area contributed by atoms with Gasteiger partial charge in [0.1, 0.15) is 17.0 Å². The Morgan fingerprint density at radius 2 is 1.79 bits per heavy atom. The maximum absolute atomic E-state index is 12.9. The van der Waals surface area contributed by atoms with Crippen molar-refractivity contribution in [3.8, 4) is 0 Å². The fourth-order valence-corrected chi connectivity index (χ4v) is 3.78. The van der Waals surface area contributed by atoms with E-state index in [2.05, 4.69) is 14.9 Å². The predicted octanol–water partition coefficient (Wildman–Crippen LogP) is 2.63. The van der Waals surface area contributed by atoms with Crippen LogP contribution in [-0.2, 0) is 6.54 Å². The number of nitrogens with one attached hydrogen (secondary N) is 1. The van der Waals surface area contributed by atoms with Crippen molar-refractivity contribution in [3.63, 3.8) is 0 Å².